The van der Waals surface area contributed by atoms with E-state index in [1.165, 1.54) is 0 Å². The van der Waals surface area contributed by atoms with Crippen LogP contribution in [0.1, 0.15) is 41.5 Å². The minimum Gasteiger partial charge on any atom is -0.289 e. The molecular weight excluding hydrogens is 210 g/mol. The molecule has 0 aliphatic carbocycles. The van der Waals surface area contributed by atoms with Gasteiger partial charge in [-0.15, -0.1) is 23.5 Å². The van der Waals surface area contributed by atoms with Gasteiger partial charge in [0.15, 0.2) is 0 Å². The lowest BCUT2D eigenvalue weighted by atomic mass is 10.3. The van der Waals surface area contributed by atoms with Crippen molar-refractivity contribution in [3.63, 3.8) is 0 Å². The fourth-order valence-corrected chi connectivity index (χ4v) is 4.40. The molecule has 0 fully saturated rings. The van der Waals surface area contributed by atoms with Crippen molar-refractivity contribution in [2.45, 2.75) is 55.7 Å². The summed E-state index contributed by atoms with van der Waals surface area (Å²) in [6, 6.07) is 0. The third kappa shape index (κ3) is 8.01. The molecule has 0 bridgehead atoms. The standard InChI is InChI=1S/C11H25NS2/c1-10(2,3)13-9(12(7)8)14-11(4,5)6/h9H,1-8H3. The SMILES string of the molecule is CN(C)C(SC(C)(C)C)SC(C)(C)C. The molecule has 0 N–H and O–H groups in total. The highest BCUT2D eigenvalue weighted by atomic mass is 32.2. The molecule has 0 aliphatic heterocycles. The van der Waals surface area contributed by atoms with Crippen molar-refractivity contribution in [1.82, 2.24) is 4.90 Å². The molecule has 1 nitrogen and oxygen atoms in total. The zero-order valence-electron chi connectivity index (χ0n) is 10.8. The average Bonchev–Trinajstić information content (AvgIpc) is 1.78. The van der Waals surface area contributed by atoms with Gasteiger partial charge in [-0.05, 0) is 14.1 Å². The zero-order valence-corrected chi connectivity index (χ0v) is 12.5. The molecule has 0 saturated heterocycles. The Morgan fingerprint density at radius 2 is 1.07 bits per heavy atom. The maximum atomic E-state index is 2.30. The third-order valence-electron chi connectivity index (χ3n) is 1.33. The van der Waals surface area contributed by atoms with E-state index in [0.29, 0.717) is 14.2 Å². The molecule has 0 rings (SSSR count). The first-order valence-electron chi connectivity index (χ1n) is 5.03. The Labute approximate surface area is 98.4 Å². The molecule has 14 heavy (non-hydrogen) atoms. The second kappa shape index (κ2) is 5.13. The van der Waals surface area contributed by atoms with Crippen LogP contribution in [0.25, 0.3) is 0 Å². The second-order valence-electron chi connectivity index (χ2n) is 5.73. The maximum Gasteiger partial charge on any atom is 0.103 e. The van der Waals surface area contributed by atoms with Crippen molar-refractivity contribution in [3.05, 3.63) is 0 Å². The van der Waals surface area contributed by atoms with Crippen molar-refractivity contribution in [1.29, 1.82) is 0 Å². The first kappa shape index (κ1) is 14.7. The first-order valence-corrected chi connectivity index (χ1v) is 6.79. The molecule has 3 heteroatoms. The molecule has 0 amide bonds. The minimum atomic E-state index is 0.327. The van der Waals surface area contributed by atoms with Crippen molar-refractivity contribution >= 4 is 23.5 Å². The molecule has 86 valence electrons. The van der Waals surface area contributed by atoms with E-state index in [1.807, 2.05) is 23.5 Å². The highest BCUT2D eigenvalue weighted by Crippen LogP contribution is 2.40. The Kier molecular flexibility index (Phi) is 5.37. The largest absolute Gasteiger partial charge is 0.289 e. The van der Waals surface area contributed by atoms with E-state index in [2.05, 4.69) is 60.5 Å². The van der Waals surface area contributed by atoms with E-state index in [4.69, 9.17) is 0 Å². The summed E-state index contributed by atoms with van der Waals surface area (Å²) in [7, 11) is 4.31. The van der Waals surface area contributed by atoms with Gasteiger partial charge in [-0.2, -0.15) is 0 Å². The number of thioether (sulfide) groups is 2. The zero-order chi connectivity index (χ0) is 11.6. The number of rotatable bonds is 3. The van der Waals surface area contributed by atoms with Gasteiger partial charge in [0.1, 0.15) is 4.71 Å². The van der Waals surface area contributed by atoms with E-state index < -0.39 is 0 Å². The number of hydrogen-bond donors (Lipinski definition) is 0. The Bertz CT molecular complexity index is 149. The van der Waals surface area contributed by atoms with Crippen molar-refractivity contribution < 1.29 is 0 Å². The molecule has 0 radical (unpaired) electrons. The molecule has 0 atom stereocenters. The topological polar surface area (TPSA) is 3.24 Å². The van der Waals surface area contributed by atoms with Crippen molar-refractivity contribution in [3.8, 4) is 0 Å². The summed E-state index contributed by atoms with van der Waals surface area (Å²) in [6.07, 6.45) is 0. The lowest BCUT2D eigenvalue weighted by molar-refractivity contribution is 0.454. The summed E-state index contributed by atoms with van der Waals surface area (Å²) >= 11 is 4.05. The highest BCUT2D eigenvalue weighted by molar-refractivity contribution is 8.18. The molecule has 0 unspecified atom stereocenters. The summed E-state index contributed by atoms with van der Waals surface area (Å²) in [5, 5.41) is 0. The van der Waals surface area contributed by atoms with Crippen molar-refractivity contribution in [2.24, 2.45) is 0 Å². The van der Waals surface area contributed by atoms with E-state index in [1.54, 1.807) is 0 Å². The lowest BCUT2D eigenvalue weighted by Crippen LogP contribution is -2.30. The van der Waals surface area contributed by atoms with Gasteiger partial charge in [-0.3, -0.25) is 4.90 Å². The monoisotopic (exact) mass is 235 g/mol. The fraction of sp³-hybridized carbons (Fsp3) is 1.00. The molecule has 0 aromatic rings. The van der Waals surface area contributed by atoms with Crippen LogP contribution in [-0.4, -0.2) is 33.2 Å². The minimum absolute atomic E-state index is 0.327. The van der Waals surface area contributed by atoms with Gasteiger partial charge in [0.2, 0.25) is 0 Å². The van der Waals surface area contributed by atoms with Crippen LogP contribution in [-0.2, 0) is 0 Å². The second-order valence-corrected chi connectivity index (χ2v) is 9.84. The average molecular weight is 235 g/mol. The summed E-state index contributed by atoms with van der Waals surface area (Å²) in [5.41, 5.74) is 0. The maximum absolute atomic E-state index is 2.30. The number of hydrogen-bond acceptors (Lipinski definition) is 3. The van der Waals surface area contributed by atoms with Crippen LogP contribution in [0.4, 0.5) is 0 Å². The normalized spacial score (nSPS) is 14.1. The van der Waals surface area contributed by atoms with E-state index in [0.717, 1.165) is 0 Å². The van der Waals surface area contributed by atoms with E-state index >= 15 is 0 Å². The Morgan fingerprint density at radius 1 is 0.786 bits per heavy atom. The van der Waals surface area contributed by atoms with Crippen LogP contribution in [0.2, 0.25) is 0 Å². The fourth-order valence-electron chi connectivity index (χ4n) is 0.840. The third-order valence-corrected chi connectivity index (χ3v) is 4.57. The van der Waals surface area contributed by atoms with Gasteiger partial charge in [-0.25, -0.2) is 0 Å². The van der Waals surface area contributed by atoms with E-state index in [9.17, 15) is 0 Å². The van der Waals surface area contributed by atoms with Gasteiger partial charge in [0.05, 0.1) is 0 Å². The summed E-state index contributed by atoms with van der Waals surface area (Å²) in [4.78, 5) is 2.30. The molecule has 0 heterocycles. The van der Waals surface area contributed by atoms with Crippen LogP contribution in [0.3, 0.4) is 0 Å². The van der Waals surface area contributed by atoms with Crippen molar-refractivity contribution in [2.75, 3.05) is 14.1 Å². The summed E-state index contributed by atoms with van der Waals surface area (Å²) < 4.78 is 1.19. The Hall–Kier alpha value is 0.660. The Morgan fingerprint density at radius 3 is 1.21 bits per heavy atom. The molecule has 0 aromatic carbocycles. The highest BCUT2D eigenvalue weighted by Gasteiger charge is 2.26. The predicted octanol–water partition coefficient (Wildman–Crippen LogP) is 3.90. The smallest absolute Gasteiger partial charge is 0.103 e. The van der Waals surface area contributed by atoms with Crippen LogP contribution in [0.15, 0.2) is 0 Å². The molecule has 0 aromatic heterocycles. The Balaban J connectivity index is 4.32. The first-order chi connectivity index (χ1) is 6.01. The number of nitrogens with zero attached hydrogens (tertiary/aromatic N) is 1. The summed E-state index contributed by atoms with van der Waals surface area (Å²) in [5.74, 6) is 0. The van der Waals surface area contributed by atoms with Crippen LogP contribution in [0.5, 0.6) is 0 Å². The molecular formula is C11H25NS2. The van der Waals surface area contributed by atoms with Gasteiger partial charge < -0.3 is 0 Å². The van der Waals surface area contributed by atoms with Gasteiger partial charge in [0.25, 0.3) is 0 Å². The van der Waals surface area contributed by atoms with Crippen LogP contribution in [0, 0.1) is 0 Å². The van der Waals surface area contributed by atoms with E-state index in [-0.39, 0.29) is 0 Å². The lowest BCUT2D eigenvalue weighted by Gasteiger charge is -2.34. The molecule has 0 spiro atoms. The van der Waals surface area contributed by atoms with Gasteiger partial charge >= 0.3 is 0 Å². The van der Waals surface area contributed by atoms with Crippen LogP contribution < -0.4 is 0 Å². The molecule has 0 aliphatic rings. The van der Waals surface area contributed by atoms with Crippen LogP contribution >= 0.6 is 23.5 Å². The predicted molar refractivity (Wildman–Crippen MR) is 72.2 cm³/mol. The summed E-state index contributed by atoms with van der Waals surface area (Å²) in [6.45, 7) is 13.7. The van der Waals surface area contributed by atoms with Gasteiger partial charge in [0, 0.05) is 9.49 Å². The molecule has 0 saturated carbocycles. The quantitative estimate of drug-likeness (QED) is 0.683. The van der Waals surface area contributed by atoms with Gasteiger partial charge in [-0.1, -0.05) is 41.5 Å².